The zero-order valence-corrected chi connectivity index (χ0v) is 14.4. The van der Waals surface area contributed by atoms with E-state index in [1.807, 2.05) is 0 Å². The van der Waals surface area contributed by atoms with E-state index in [0.29, 0.717) is 12.0 Å². The molecule has 6 nitrogen and oxygen atoms in total. The molecule has 0 amide bonds. The Balaban J connectivity index is 2.15. The van der Waals surface area contributed by atoms with Crippen molar-refractivity contribution in [2.75, 3.05) is 0 Å². The van der Waals surface area contributed by atoms with Crippen LogP contribution in [0, 0.1) is 6.01 Å². The van der Waals surface area contributed by atoms with Gasteiger partial charge in [-0.3, -0.25) is 4.79 Å². The molecule has 8 heteroatoms. The molecule has 1 atom stereocenters. The number of halogens is 1. The molecule has 2 aromatic rings. The standard InChI is InChI=1S/C17H16FNO5S/c1-3-17(2)16(20)14(11-8-13(18)23-9-11)15(24-17)10-4-6-12(7-5-10)25(19,21)22/h4-9H,3H2,1-2H3,(H2,19,21,22). The van der Waals surface area contributed by atoms with E-state index in [0.717, 1.165) is 12.3 Å². The Morgan fingerprint density at radius 1 is 1.20 bits per heavy atom. The molecular weight excluding hydrogens is 349 g/mol. The van der Waals surface area contributed by atoms with Crippen molar-refractivity contribution in [2.45, 2.75) is 30.8 Å². The van der Waals surface area contributed by atoms with Crippen molar-refractivity contribution >= 4 is 27.1 Å². The summed E-state index contributed by atoms with van der Waals surface area (Å²) in [7, 11) is -3.83. The van der Waals surface area contributed by atoms with Crippen LogP contribution in [-0.2, 0) is 19.6 Å². The third kappa shape index (κ3) is 2.98. The summed E-state index contributed by atoms with van der Waals surface area (Å²) in [4.78, 5) is 12.8. The summed E-state index contributed by atoms with van der Waals surface area (Å²) < 4.78 is 46.6. The average Bonchev–Trinajstić information content (AvgIpc) is 3.09. The normalized spacial score (nSPS) is 20.9. The van der Waals surface area contributed by atoms with Crippen LogP contribution in [0.4, 0.5) is 4.39 Å². The van der Waals surface area contributed by atoms with Crippen LogP contribution in [0.2, 0.25) is 0 Å². The van der Waals surface area contributed by atoms with Gasteiger partial charge in [0.2, 0.25) is 15.8 Å². The molecule has 1 unspecified atom stereocenters. The van der Waals surface area contributed by atoms with Crippen molar-refractivity contribution in [2.24, 2.45) is 5.14 Å². The van der Waals surface area contributed by atoms with Gasteiger partial charge in [-0.15, -0.1) is 0 Å². The van der Waals surface area contributed by atoms with Gasteiger partial charge < -0.3 is 9.15 Å². The van der Waals surface area contributed by atoms with E-state index in [9.17, 15) is 17.6 Å². The van der Waals surface area contributed by atoms with Crippen molar-refractivity contribution in [3.8, 4) is 0 Å². The predicted molar refractivity (Wildman–Crippen MR) is 88.1 cm³/mol. The fourth-order valence-electron chi connectivity index (χ4n) is 2.63. The van der Waals surface area contributed by atoms with Crippen LogP contribution in [0.25, 0.3) is 11.3 Å². The number of carbonyl (C=O) groups is 1. The maximum Gasteiger partial charge on any atom is 0.278 e. The molecule has 0 bridgehead atoms. The highest BCUT2D eigenvalue weighted by Crippen LogP contribution is 2.43. The summed E-state index contributed by atoms with van der Waals surface area (Å²) >= 11 is 0. The van der Waals surface area contributed by atoms with Crippen molar-refractivity contribution < 1.29 is 26.8 Å². The highest BCUT2D eigenvalue weighted by molar-refractivity contribution is 7.89. The topological polar surface area (TPSA) is 99.6 Å². The highest BCUT2D eigenvalue weighted by atomic mass is 32.2. The quantitative estimate of drug-likeness (QED) is 0.898. The third-order valence-electron chi connectivity index (χ3n) is 4.24. The van der Waals surface area contributed by atoms with E-state index in [4.69, 9.17) is 9.88 Å². The summed E-state index contributed by atoms with van der Waals surface area (Å²) in [5, 5.41) is 5.09. The molecular formula is C17H16FNO5S. The number of ketones is 1. The number of furan rings is 1. The Morgan fingerprint density at radius 3 is 2.32 bits per heavy atom. The first kappa shape index (κ1) is 17.4. The third-order valence-corrected chi connectivity index (χ3v) is 5.17. The van der Waals surface area contributed by atoms with Crippen LogP contribution >= 0.6 is 0 Å². The van der Waals surface area contributed by atoms with E-state index in [-0.39, 0.29) is 27.6 Å². The van der Waals surface area contributed by atoms with Gasteiger partial charge in [-0.2, -0.15) is 4.39 Å². The smallest absolute Gasteiger partial charge is 0.278 e. The Hall–Kier alpha value is -2.45. The minimum absolute atomic E-state index is 0.0599. The first-order chi connectivity index (χ1) is 11.7. The zero-order chi connectivity index (χ0) is 18.4. The lowest BCUT2D eigenvalue weighted by Crippen LogP contribution is -2.32. The van der Waals surface area contributed by atoms with Gasteiger partial charge in [-0.25, -0.2) is 13.6 Å². The molecule has 0 saturated heterocycles. The van der Waals surface area contributed by atoms with Gasteiger partial charge in [0, 0.05) is 17.2 Å². The molecule has 2 heterocycles. The fraction of sp³-hybridized carbons (Fsp3) is 0.235. The van der Waals surface area contributed by atoms with Crippen LogP contribution in [0.1, 0.15) is 31.4 Å². The van der Waals surface area contributed by atoms with Crippen molar-refractivity contribution in [3.63, 3.8) is 0 Å². The minimum atomic E-state index is -3.83. The summed E-state index contributed by atoms with van der Waals surface area (Å²) in [6.07, 6.45) is 1.56. The number of Topliss-reactive ketones (excluding diaryl/α,β-unsaturated/α-hetero) is 1. The van der Waals surface area contributed by atoms with E-state index >= 15 is 0 Å². The van der Waals surface area contributed by atoms with Gasteiger partial charge in [0.25, 0.3) is 6.01 Å². The van der Waals surface area contributed by atoms with E-state index in [1.165, 1.54) is 24.3 Å². The Labute approximate surface area is 144 Å². The lowest BCUT2D eigenvalue weighted by atomic mass is 9.91. The molecule has 1 aliphatic heterocycles. The zero-order valence-electron chi connectivity index (χ0n) is 13.6. The van der Waals surface area contributed by atoms with Crippen LogP contribution in [0.15, 0.2) is 45.9 Å². The SMILES string of the molecule is CCC1(C)OC(c2ccc(S(N)(=O)=O)cc2)=C(c2coc(F)c2)C1=O. The monoisotopic (exact) mass is 365 g/mol. The highest BCUT2D eigenvalue weighted by Gasteiger charge is 2.45. The number of ether oxygens (including phenoxy) is 1. The van der Waals surface area contributed by atoms with Crippen LogP contribution < -0.4 is 5.14 Å². The largest absolute Gasteiger partial charge is 0.478 e. The molecule has 2 N–H and O–H groups in total. The summed E-state index contributed by atoms with van der Waals surface area (Å²) in [6, 6.07) is 5.91. The Bertz CT molecular complexity index is 975. The number of carbonyl (C=O) groups excluding carboxylic acids is 1. The molecule has 0 fully saturated rings. The molecule has 0 radical (unpaired) electrons. The number of hydrogen-bond acceptors (Lipinski definition) is 5. The molecule has 1 aromatic heterocycles. The number of rotatable bonds is 4. The van der Waals surface area contributed by atoms with Crippen LogP contribution in [0.5, 0.6) is 0 Å². The van der Waals surface area contributed by atoms with Crippen molar-refractivity contribution in [1.82, 2.24) is 0 Å². The van der Waals surface area contributed by atoms with E-state index in [2.05, 4.69) is 4.42 Å². The molecule has 0 aliphatic carbocycles. The minimum Gasteiger partial charge on any atom is -0.478 e. The van der Waals surface area contributed by atoms with Crippen molar-refractivity contribution in [3.05, 3.63) is 53.7 Å². The maximum absolute atomic E-state index is 13.3. The lowest BCUT2D eigenvalue weighted by molar-refractivity contribution is -0.126. The fourth-order valence-corrected chi connectivity index (χ4v) is 3.14. The Kier molecular flexibility index (Phi) is 4.04. The molecule has 1 aromatic carbocycles. The summed E-state index contributed by atoms with van der Waals surface area (Å²) in [5.74, 6) is -0.0440. The molecule has 132 valence electrons. The van der Waals surface area contributed by atoms with E-state index in [1.54, 1.807) is 13.8 Å². The van der Waals surface area contributed by atoms with Crippen molar-refractivity contribution in [1.29, 1.82) is 0 Å². The molecule has 0 spiro atoms. The Morgan fingerprint density at radius 2 is 1.84 bits per heavy atom. The first-order valence-electron chi connectivity index (χ1n) is 7.51. The second kappa shape index (κ2) is 5.82. The molecule has 3 rings (SSSR count). The summed E-state index contributed by atoms with van der Waals surface area (Å²) in [6.45, 7) is 3.45. The second-order valence-corrected chi connectivity index (χ2v) is 7.49. The van der Waals surface area contributed by atoms with Crippen LogP contribution in [0.3, 0.4) is 0 Å². The number of nitrogens with two attached hydrogens (primary N) is 1. The first-order valence-corrected chi connectivity index (χ1v) is 9.06. The molecule has 1 aliphatic rings. The molecule has 0 saturated carbocycles. The van der Waals surface area contributed by atoms with Gasteiger partial charge in [0.15, 0.2) is 5.60 Å². The van der Waals surface area contributed by atoms with Gasteiger partial charge in [-0.1, -0.05) is 6.92 Å². The number of benzene rings is 1. The average molecular weight is 365 g/mol. The van der Waals surface area contributed by atoms with Gasteiger partial charge in [-0.05, 0) is 37.6 Å². The van der Waals surface area contributed by atoms with Gasteiger partial charge >= 0.3 is 0 Å². The molecule has 25 heavy (non-hydrogen) atoms. The van der Waals surface area contributed by atoms with Crippen LogP contribution in [-0.4, -0.2) is 19.8 Å². The maximum atomic E-state index is 13.3. The number of hydrogen-bond donors (Lipinski definition) is 1. The number of primary sulfonamides is 1. The second-order valence-electron chi connectivity index (χ2n) is 5.93. The lowest BCUT2D eigenvalue weighted by Gasteiger charge is -2.21. The summed E-state index contributed by atoms with van der Waals surface area (Å²) in [5.41, 5.74) is -0.142. The predicted octanol–water partition coefficient (Wildman–Crippen LogP) is 2.70. The van der Waals surface area contributed by atoms with E-state index < -0.39 is 21.6 Å². The number of sulfonamides is 1. The van der Waals surface area contributed by atoms with Gasteiger partial charge in [0.1, 0.15) is 12.0 Å². The van der Waals surface area contributed by atoms with Gasteiger partial charge in [0.05, 0.1) is 10.5 Å².